The van der Waals surface area contributed by atoms with Crippen molar-refractivity contribution in [3.05, 3.63) is 95.3 Å². The highest BCUT2D eigenvalue weighted by molar-refractivity contribution is 8.18. The summed E-state index contributed by atoms with van der Waals surface area (Å²) in [5.41, 5.74) is 1.29. The maximum absolute atomic E-state index is 13.1. The summed E-state index contributed by atoms with van der Waals surface area (Å²) in [6.07, 6.45) is 1.46. The second-order valence-corrected chi connectivity index (χ2v) is 8.54. The lowest BCUT2D eigenvalue weighted by Crippen LogP contribution is -2.36. The number of thioether (sulfide) groups is 1. The quantitative estimate of drug-likeness (QED) is 0.365. The van der Waals surface area contributed by atoms with E-state index in [1.165, 1.54) is 18.2 Å². The molecule has 0 atom stereocenters. The molecule has 3 aromatic carbocycles. The third-order valence-corrected chi connectivity index (χ3v) is 6.18. The SMILES string of the molecule is O=C(CN1C(=O)SC(=Cc2ccc(-c3ccc(F)cc3)o2)C1=O)Nc1cccc2ccccc12. The van der Waals surface area contributed by atoms with Crippen molar-refractivity contribution in [3.8, 4) is 11.3 Å². The van der Waals surface area contributed by atoms with Crippen LogP contribution in [-0.4, -0.2) is 28.5 Å². The van der Waals surface area contributed by atoms with Crippen LogP contribution < -0.4 is 5.32 Å². The largest absolute Gasteiger partial charge is 0.457 e. The van der Waals surface area contributed by atoms with Gasteiger partial charge in [-0.25, -0.2) is 4.39 Å². The zero-order chi connectivity index (χ0) is 23.7. The fraction of sp³-hybridized carbons (Fsp3) is 0.0385. The Hall–Kier alpha value is -4.17. The lowest BCUT2D eigenvalue weighted by molar-refractivity contribution is -0.127. The van der Waals surface area contributed by atoms with Gasteiger partial charge in [-0.3, -0.25) is 19.3 Å². The van der Waals surface area contributed by atoms with Crippen molar-refractivity contribution in [2.75, 3.05) is 11.9 Å². The molecule has 0 radical (unpaired) electrons. The highest BCUT2D eigenvalue weighted by Gasteiger charge is 2.36. The molecule has 1 aromatic heterocycles. The third kappa shape index (κ3) is 4.35. The number of benzene rings is 3. The number of imide groups is 1. The van der Waals surface area contributed by atoms with E-state index in [4.69, 9.17) is 4.42 Å². The summed E-state index contributed by atoms with van der Waals surface area (Å²) in [5.74, 6) is -0.530. The van der Waals surface area contributed by atoms with Crippen LogP contribution in [0.4, 0.5) is 14.9 Å². The number of hydrogen-bond donors (Lipinski definition) is 1. The summed E-state index contributed by atoms with van der Waals surface area (Å²) in [4.78, 5) is 38.9. The minimum absolute atomic E-state index is 0.156. The number of carbonyl (C=O) groups excluding carboxylic acids is 3. The molecule has 168 valence electrons. The molecule has 8 heteroatoms. The highest BCUT2D eigenvalue weighted by Crippen LogP contribution is 2.33. The normalized spacial score (nSPS) is 14.9. The molecule has 3 amide bonds. The Morgan fingerprint density at radius 2 is 1.74 bits per heavy atom. The Morgan fingerprint density at radius 1 is 0.971 bits per heavy atom. The Balaban J connectivity index is 1.29. The molecule has 6 nitrogen and oxygen atoms in total. The average Bonchev–Trinajstić information content (AvgIpc) is 3.40. The third-order valence-electron chi connectivity index (χ3n) is 5.27. The smallest absolute Gasteiger partial charge is 0.294 e. The summed E-state index contributed by atoms with van der Waals surface area (Å²) >= 11 is 0.743. The first-order chi connectivity index (χ1) is 16.5. The Kier molecular flexibility index (Phi) is 5.73. The molecule has 0 bridgehead atoms. The number of amides is 3. The van der Waals surface area contributed by atoms with E-state index in [1.54, 1.807) is 30.3 Å². The molecule has 1 fully saturated rings. The summed E-state index contributed by atoms with van der Waals surface area (Å²) in [7, 11) is 0. The summed E-state index contributed by atoms with van der Waals surface area (Å²) in [5, 5.41) is 4.08. The van der Waals surface area contributed by atoms with Crippen LogP contribution >= 0.6 is 11.8 Å². The first kappa shape index (κ1) is 21.7. The molecule has 34 heavy (non-hydrogen) atoms. The van der Waals surface area contributed by atoms with Crippen LogP contribution in [-0.2, 0) is 9.59 Å². The van der Waals surface area contributed by atoms with Crippen LogP contribution in [0.2, 0.25) is 0 Å². The van der Waals surface area contributed by atoms with Gasteiger partial charge >= 0.3 is 0 Å². The number of fused-ring (bicyclic) bond motifs is 1. The predicted molar refractivity (Wildman–Crippen MR) is 129 cm³/mol. The number of rotatable bonds is 5. The molecule has 1 aliphatic heterocycles. The van der Waals surface area contributed by atoms with Gasteiger partial charge in [0.2, 0.25) is 5.91 Å². The van der Waals surface area contributed by atoms with Gasteiger partial charge in [0.1, 0.15) is 23.9 Å². The molecule has 0 unspecified atom stereocenters. The summed E-state index contributed by atoms with van der Waals surface area (Å²) in [6.45, 7) is -0.399. The highest BCUT2D eigenvalue weighted by atomic mass is 32.2. The van der Waals surface area contributed by atoms with E-state index < -0.39 is 23.6 Å². The van der Waals surface area contributed by atoms with Gasteiger partial charge in [0.05, 0.1) is 4.91 Å². The van der Waals surface area contributed by atoms with Crippen molar-refractivity contribution in [2.24, 2.45) is 0 Å². The number of hydrogen-bond acceptors (Lipinski definition) is 5. The first-order valence-electron chi connectivity index (χ1n) is 10.4. The zero-order valence-corrected chi connectivity index (χ0v) is 18.5. The topological polar surface area (TPSA) is 79.6 Å². The maximum Gasteiger partial charge on any atom is 0.294 e. The number of halogens is 1. The Bertz CT molecular complexity index is 1450. The molecular weight excluding hydrogens is 455 g/mol. The van der Waals surface area contributed by atoms with E-state index in [9.17, 15) is 18.8 Å². The van der Waals surface area contributed by atoms with Crippen LogP contribution in [0, 0.1) is 5.82 Å². The van der Waals surface area contributed by atoms with Crippen molar-refractivity contribution in [1.29, 1.82) is 0 Å². The van der Waals surface area contributed by atoms with Gasteiger partial charge in [0.15, 0.2) is 0 Å². The molecule has 2 heterocycles. The second-order valence-electron chi connectivity index (χ2n) is 7.55. The molecule has 1 saturated heterocycles. The van der Waals surface area contributed by atoms with Crippen LogP contribution in [0.15, 0.2) is 88.2 Å². The van der Waals surface area contributed by atoms with Gasteiger partial charge in [-0.15, -0.1) is 0 Å². The van der Waals surface area contributed by atoms with E-state index in [0.717, 1.165) is 27.4 Å². The van der Waals surface area contributed by atoms with E-state index in [-0.39, 0.29) is 10.7 Å². The van der Waals surface area contributed by atoms with E-state index in [0.29, 0.717) is 22.8 Å². The van der Waals surface area contributed by atoms with Gasteiger partial charge in [-0.2, -0.15) is 0 Å². The molecule has 1 N–H and O–H groups in total. The fourth-order valence-electron chi connectivity index (χ4n) is 3.63. The number of carbonyl (C=O) groups is 3. The van der Waals surface area contributed by atoms with Crippen LogP contribution in [0.1, 0.15) is 5.76 Å². The Labute approximate surface area is 198 Å². The molecular formula is C26H17FN2O4S. The van der Waals surface area contributed by atoms with Crippen LogP contribution in [0.5, 0.6) is 0 Å². The van der Waals surface area contributed by atoms with Gasteiger partial charge in [-0.05, 0) is 59.6 Å². The average molecular weight is 472 g/mol. The minimum atomic E-state index is -0.567. The van der Waals surface area contributed by atoms with Crippen molar-refractivity contribution < 1.29 is 23.2 Å². The number of nitrogens with one attached hydrogen (secondary N) is 1. The van der Waals surface area contributed by atoms with Crippen LogP contribution in [0.3, 0.4) is 0 Å². The van der Waals surface area contributed by atoms with Gasteiger partial charge < -0.3 is 9.73 Å². The van der Waals surface area contributed by atoms with Gasteiger partial charge in [-0.1, -0.05) is 36.4 Å². The van der Waals surface area contributed by atoms with Crippen LogP contribution in [0.25, 0.3) is 28.2 Å². The van der Waals surface area contributed by atoms with E-state index in [1.807, 2.05) is 36.4 Å². The molecule has 5 rings (SSSR count). The fourth-order valence-corrected chi connectivity index (χ4v) is 4.45. The molecule has 1 aliphatic rings. The van der Waals surface area contributed by atoms with Gasteiger partial charge in [0, 0.05) is 22.7 Å². The number of nitrogens with zero attached hydrogens (tertiary/aromatic N) is 1. The maximum atomic E-state index is 13.1. The summed E-state index contributed by atoms with van der Waals surface area (Å²) < 4.78 is 18.8. The summed E-state index contributed by atoms with van der Waals surface area (Å²) in [6, 6.07) is 22.3. The first-order valence-corrected chi connectivity index (χ1v) is 11.2. The van der Waals surface area contributed by atoms with Gasteiger partial charge in [0.25, 0.3) is 11.1 Å². The molecule has 0 saturated carbocycles. The van der Waals surface area contributed by atoms with Crippen molar-refractivity contribution in [1.82, 2.24) is 4.90 Å². The molecule has 0 spiro atoms. The van der Waals surface area contributed by atoms with E-state index >= 15 is 0 Å². The lowest BCUT2D eigenvalue weighted by atomic mass is 10.1. The lowest BCUT2D eigenvalue weighted by Gasteiger charge is -2.13. The standard InChI is InChI=1S/C26H17FN2O4S/c27-18-10-8-17(9-11-18)22-13-12-19(33-22)14-23-25(31)29(26(32)34-23)15-24(30)28-21-7-3-5-16-4-1-2-6-20(16)21/h1-14H,15H2,(H,28,30). The monoisotopic (exact) mass is 472 g/mol. The predicted octanol–water partition coefficient (Wildman–Crippen LogP) is 5.91. The number of furan rings is 1. The van der Waals surface area contributed by atoms with Crippen molar-refractivity contribution >= 4 is 51.4 Å². The van der Waals surface area contributed by atoms with Crippen molar-refractivity contribution in [3.63, 3.8) is 0 Å². The molecule has 0 aliphatic carbocycles. The zero-order valence-electron chi connectivity index (χ0n) is 17.7. The second kappa shape index (κ2) is 8.99. The Morgan fingerprint density at radius 3 is 2.56 bits per heavy atom. The number of anilines is 1. The molecule has 4 aromatic rings. The van der Waals surface area contributed by atoms with E-state index in [2.05, 4.69) is 5.32 Å². The minimum Gasteiger partial charge on any atom is -0.457 e. The van der Waals surface area contributed by atoms with Crippen molar-refractivity contribution in [2.45, 2.75) is 0 Å².